The zero-order chi connectivity index (χ0) is 13.2. The van der Waals surface area contributed by atoms with Gasteiger partial charge in [-0.15, -0.1) is 0 Å². The van der Waals surface area contributed by atoms with Crippen LogP contribution < -0.4 is 0 Å². The molecule has 0 spiro atoms. The van der Waals surface area contributed by atoms with Crippen LogP contribution in [0, 0.1) is 5.82 Å². The first kappa shape index (κ1) is 12.7. The molecular formula is C11H11FN2O3S. The van der Waals surface area contributed by atoms with E-state index < -0.39 is 20.9 Å². The molecule has 2 heterocycles. The van der Waals surface area contributed by atoms with Crippen molar-refractivity contribution in [1.82, 2.24) is 9.29 Å². The maximum Gasteiger partial charge on any atom is 0.263 e. The second kappa shape index (κ2) is 4.87. The van der Waals surface area contributed by atoms with Crippen LogP contribution in [0.2, 0.25) is 0 Å². The van der Waals surface area contributed by atoms with Crippen molar-refractivity contribution in [3.8, 4) is 0 Å². The van der Waals surface area contributed by atoms with Gasteiger partial charge in [0.2, 0.25) is 5.03 Å². The van der Waals surface area contributed by atoms with E-state index in [1.807, 2.05) is 0 Å². The van der Waals surface area contributed by atoms with Crippen molar-refractivity contribution >= 4 is 10.0 Å². The summed E-state index contributed by atoms with van der Waals surface area (Å²) in [6.07, 6.45) is 2.67. The zero-order valence-electron chi connectivity index (χ0n) is 9.58. The summed E-state index contributed by atoms with van der Waals surface area (Å²) in [5.74, 6) is -0.402. The van der Waals surface area contributed by atoms with Gasteiger partial charge in [0.25, 0.3) is 10.0 Å². The summed E-state index contributed by atoms with van der Waals surface area (Å²) in [5.41, 5.74) is 0. The van der Waals surface area contributed by atoms with Crippen LogP contribution in [-0.2, 0) is 16.6 Å². The van der Waals surface area contributed by atoms with Crippen molar-refractivity contribution in [1.29, 1.82) is 0 Å². The van der Waals surface area contributed by atoms with Gasteiger partial charge in [0.1, 0.15) is 5.76 Å². The predicted octanol–water partition coefficient (Wildman–Crippen LogP) is 1.63. The van der Waals surface area contributed by atoms with Crippen molar-refractivity contribution in [3.05, 3.63) is 48.3 Å². The Morgan fingerprint density at radius 3 is 2.78 bits per heavy atom. The highest BCUT2D eigenvalue weighted by molar-refractivity contribution is 7.89. The number of pyridine rings is 1. The van der Waals surface area contributed by atoms with Gasteiger partial charge in [0.15, 0.2) is 5.82 Å². The Hall–Kier alpha value is -1.73. The SMILES string of the molecule is CN(Cc1ccco1)S(=O)(=O)c1ncccc1F. The molecule has 2 rings (SSSR count). The average molecular weight is 270 g/mol. The lowest BCUT2D eigenvalue weighted by Crippen LogP contribution is -2.27. The van der Waals surface area contributed by atoms with Gasteiger partial charge in [-0.1, -0.05) is 0 Å². The van der Waals surface area contributed by atoms with E-state index in [2.05, 4.69) is 4.98 Å². The van der Waals surface area contributed by atoms with Crippen LogP contribution in [0.5, 0.6) is 0 Å². The van der Waals surface area contributed by atoms with E-state index in [0.717, 1.165) is 10.4 Å². The molecule has 0 saturated carbocycles. The molecule has 0 N–H and O–H groups in total. The summed E-state index contributed by atoms with van der Waals surface area (Å²) in [6.45, 7) is 0.0192. The van der Waals surface area contributed by atoms with Gasteiger partial charge in [0.05, 0.1) is 12.8 Å². The van der Waals surface area contributed by atoms with E-state index in [9.17, 15) is 12.8 Å². The van der Waals surface area contributed by atoms with Crippen molar-refractivity contribution in [3.63, 3.8) is 0 Å². The number of aromatic nitrogens is 1. The number of hydrogen-bond acceptors (Lipinski definition) is 4. The first-order valence-corrected chi connectivity index (χ1v) is 6.55. The lowest BCUT2D eigenvalue weighted by atomic mass is 10.4. The fourth-order valence-electron chi connectivity index (χ4n) is 1.42. The molecule has 0 aliphatic heterocycles. The average Bonchev–Trinajstić information content (AvgIpc) is 2.82. The minimum atomic E-state index is -3.96. The van der Waals surface area contributed by atoms with E-state index in [1.165, 1.54) is 25.6 Å². The third kappa shape index (κ3) is 2.41. The molecule has 7 heteroatoms. The van der Waals surface area contributed by atoms with E-state index in [0.29, 0.717) is 5.76 Å². The van der Waals surface area contributed by atoms with Gasteiger partial charge in [-0.3, -0.25) is 0 Å². The van der Waals surface area contributed by atoms with Crippen LogP contribution >= 0.6 is 0 Å². The van der Waals surface area contributed by atoms with Crippen molar-refractivity contribution in [2.24, 2.45) is 0 Å². The van der Waals surface area contributed by atoms with E-state index in [1.54, 1.807) is 12.1 Å². The maximum absolute atomic E-state index is 13.4. The van der Waals surface area contributed by atoms with Crippen LogP contribution in [0.1, 0.15) is 5.76 Å². The third-order valence-electron chi connectivity index (χ3n) is 2.34. The van der Waals surface area contributed by atoms with Crippen LogP contribution in [-0.4, -0.2) is 24.8 Å². The molecule has 0 saturated heterocycles. The summed E-state index contributed by atoms with van der Waals surface area (Å²) >= 11 is 0. The molecule has 0 aliphatic rings. The fraction of sp³-hybridized carbons (Fsp3) is 0.182. The second-order valence-corrected chi connectivity index (χ2v) is 5.59. The maximum atomic E-state index is 13.4. The van der Waals surface area contributed by atoms with Gasteiger partial charge in [0, 0.05) is 13.2 Å². The minimum absolute atomic E-state index is 0.0192. The Bertz CT molecular complexity index is 625. The van der Waals surface area contributed by atoms with E-state index in [4.69, 9.17) is 4.42 Å². The molecule has 0 unspecified atom stereocenters. The number of halogens is 1. The van der Waals surface area contributed by atoms with Crippen LogP contribution in [0.4, 0.5) is 4.39 Å². The van der Waals surface area contributed by atoms with Crippen molar-refractivity contribution in [2.75, 3.05) is 7.05 Å². The largest absolute Gasteiger partial charge is 0.468 e. The summed E-state index contributed by atoms with van der Waals surface area (Å²) in [6, 6.07) is 5.68. The van der Waals surface area contributed by atoms with Crippen LogP contribution in [0.15, 0.2) is 46.2 Å². The summed E-state index contributed by atoms with van der Waals surface area (Å²) in [7, 11) is -2.62. The summed E-state index contributed by atoms with van der Waals surface area (Å²) < 4.78 is 43.6. The number of rotatable bonds is 4. The molecule has 96 valence electrons. The van der Waals surface area contributed by atoms with Crippen LogP contribution in [0.25, 0.3) is 0 Å². The monoisotopic (exact) mass is 270 g/mol. The lowest BCUT2D eigenvalue weighted by Gasteiger charge is -2.15. The molecule has 0 radical (unpaired) electrons. The Morgan fingerprint density at radius 2 is 2.17 bits per heavy atom. The highest BCUT2D eigenvalue weighted by Crippen LogP contribution is 2.17. The van der Waals surface area contributed by atoms with E-state index in [-0.39, 0.29) is 6.54 Å². The van der Waals surface area contributed by atoms with Crippen LogP contribution in [0.3, 0.4) is 0 Å². The fourth-order valence-corrected chi connectivity index (χ4v) is 2.52. The molecule has 2 aromatic rings. The minimum Gasteiger partial charge on any atom is -0.468 e. The third-order valence-corrected chi connectivity index (χ3v) is 4.08. The molecule has 0 bridgehead atoms. The Kier molecular flexibility index (Phi) is 3.44. The number of furan rings is 1. The number of nitrogens with zero attached hydrogens (tertiary/aromatic N) is 2. The van der Waals surface area contributed by atoms with E-state index >= 15 is 0 Å². The normalized spacial score (nSPS) is 11.9. The number of hydrogen-bond donors (Lipinski definition) is 0. The van der Waals surface area contributed by atoms with Crippen molar-refractivity contribution in [2.45, 2.75) is 11.6 Å². The highest BCUT2D eigenvalue weighted by Gasteiger charge is 2.26. The lowest BCUT2D eigenvalue weighted by molar-refractivity contribution is 0.402. The standard InChI is InChI=1S/C11H11FN2O3S/c1-14(8-9-4-3-7-17-9)18(15,16)11-10(12)5-2-6-13-11/h2-7H,8H2,1H3. The zero-order valence-corrected chi connectivity index (χ0v) is 10.4. The first-order chi connectivity index (χ1) is 8.51. The predicted molar refractivity (Wildman–Crippen MR) is 61.6 cm³/mol. The first-order valence-electron chi connectivity index (χ1n) is 5.11. The molecule has 2 aromatic heterocycles. The Morgan fingerprint density at radius 1 is 1.39 bits per heavy atom. The quantitative estimate of drug-likeness (QED) is 0.847. The van der Waals surface area contributed by atoms with Gasteiger partial charge in [-0.25, -0.2) is 17.8 Å². The smallest absolute Gasteiger partial charge is 0.263 e. The molecule has 0 aliphatic carbocycles. The van der Waals surface area contributed by atoms with Gasteiger partial charge in [-0.2, -0.15) is 4.31 Å². The molecule has 18 heavy (non-hydrogen) atoms. The second-order valence-electron chi connectivity index (χ2n) is 3.63. The van der Waals surface area contributed by atoms with Gasteiger partial charge >= 0.3 is 0 Å². The Labute approximate surface area is 104 Å². The molecule has 0 fully saturated rings. The summed E-state index contributed by atoms with van der Waals surface area (Å²) in [4.78, 5) is 3.57. The molecular weight excluding hydrogens is 259 g/mol. The molecule has 0 aromatic carbocycles. The number of sulfonamides is 1. The molecule has 5 nitrogen and oxygen atoms in total. The Balaban J connectivity index is 2.29. The topological polar surface area (TPSA) is 63.4 Å². The molecule has 0 atom stereocenters. The summed E-state index contributed by atoms with van der Waals surface area (Å²) in [5, 5.41) is -0.584. The van der Waals surface area contributed by atoms with Gasteiger partial charge in [-0.05, 0) is 24.3 Å². The molecule has 0 amide bonds. The highest BCUT2D eigenvalue weighted by atomic mass is 32.2. The van der Waals surface area contributed by atoms with Gasteiger partial charge < -0.3 is 4.42 Å². The van der Waals surface area contributed by atoms with Crippen molar-refractivity contribution < 1.29 is 17.2 Å².